The van der Waals surface area contributed by atoms with E-state index in [-0.39, 0.29) is 11.9 Å². The molecule has 2 nitrogen and oxygen atoms in total. The molecule has 3 rings (SSSR count). The third-order valence-electron chi connectivity index (χ3n) is 4.76. The van der Waals surface area contributed by atoms with E-state index in [0.717, 1.165) is 13.1 Å². The number of halogens is 1. The Morgan fingerprint density at radius 2 is 1.15 bits per heavy atom. The van der Waals surface area contributed by atoms with Crippen molar-refractivity contribution in [1.82, 2.24) is 4.90 Å². The zero-order valence-electron chi connectivity index (χ0n) is 15.4. The van der Waals surface area contributed by atoms with E-state index < -0.39 is 6.10 Å². The summed E-state index contributed by atoms with van der Waals surface area (Å²) in [5.74, 6) is 0.244. The number of alkyl halides is 1. The first kappa shape index (κ1) is 19.6. The summed E-state index contributed by atoms with van der Waals surface area (Å²) in [6, 6.07) is 31.4. The summed E-state index contributed by atoms with van der Waals surface area (Å²) < 4.78 is 0. The average Bonchev–Trinajstić information content (AvgIpc) is 2.73. The molecule has 27 heavy (non-hydrogen) atoms. The molecule has 0 fully saturated rings. The highest BCUT2D eigenvalue weighted by Gasteiger charge is 2.23. The van der Waals surface area contributed by atoms with Gasteiger partial charge in [0.05, 0.1) is 6.10 Å². The second-order valence-electron chi connectivity index (χ2n) is 6.85. The van der Waals surface area contributed by atoms with Crippen molar-refractivity contribution in [2.24, 2.45) is 0 Å². The van der Waals surface area contributed by atoms with Gasteiger partial charge in [-0.05, 0) is 23.1 Å². The minimum absolute atomic E-state index is 0.0837. The molecule has 0 spiro atoms. The quantitative estimate of drug-likeness (QED) is 0.502. The van der Waals surface area contributed by atoms with Crippen molar-refractivity contribution in [3.63, 3.8) is 0 Å². The van der Waals surface area contributed by atoms with Crippen molar-refractivity contribution < 1.29 is 5.11 Å². The number of aliphatic hydroxyl groups is 1. The maximum atomic E-state index is 10.3. The first-order chi connectivity index (χ1) is 13.3. The fourth-order valence-electron chi connectivity index (χ4n) is 3.40. The van der Waals surface area contributed by atoms with Crippen molar-refractivity contribution in [3.05, 3.63) is 108 Å². The van der Waals surface area contributed by atoms with Gasteiger partial charge in [-0.3, -0.25) is 4.90 Å². The zero-order valence-corrected chi connectivity index (χ0v) is 16.2. The lowest BCUT2D eigenvalue weighted by Gasteiger charge is -2.33. The maximum absolute atomic E-state index is 10.3. The lowest BCUT2D eigenvalue weighted by atomic mass is 9.97. The van der Waals surface area contributed by atoms with Crippen LogP contribution < -0.4 is 0 Å². The minimum atomic E-state index is -0.536. The fraction of sp³-hybridized carbons (Fsp3) is 0.250. The van der Waals surface area contributed by atoms with Crippen LogP contribution in [0.2, 0.25) is 0 Å². The number of benzene rings is 3. The Bertz CT molecular complexity index is 738. The molecule has 1 N–H and O–H groups in total. The highest BCUT2D eigenvalue weighted by atomic mass is 35.5. The summed E-state index contributed by atoms with van der Waals surface area (Å²) in [5.41, 5.74) is 3.72. The zero-order chi connectivity index (χ0) is 18.9. The predicted molar refractivity (Wildman–Crippen MR) is 113 cm³/mol. The molecule has 2 atom stereocenters. The molecule has 3 heteroatoms. The molecule has 0 amide bonds. The van der Waals surface area contributed by atoms with Crippen molar-refractivity contribution >= 4 is 11.6 Å². The second kappa shape index (κ2) is 10.3. The molecule has 0 saturated heterocycles. The Morgan fingerprint density at radius 1 is 0.704 bits per heavy atom. The molecule has 0 radical (unpaired) electrons. The van der Waals surface area contributed by atoms with Crippen LogP contribution in [0.1, 0.15) is 29.2 Å². The van der Waals surface area contributed by atoms with Crippen LogP contribution in [0.4, 0.5) is 0 Å². The van der Waals surface area contributed by atoms with E-state index in [1.54, 1.807) is 0 Å². The topological polar surface area (TPSA) is 23.5 Å². The summed E-state index contributed by atoms with van der Waals surface area (Å²) >= 11 is 5.94. The van der Waals surface area contributed by atoms with E-state index in [1.165, 1.54) is 16.7 Å². The maximum Gasteiger partial charge on any atom is 0.0693 e. The van der Waals surface area contributed by atoms with Crippen LogP contribution in [0.25, 0.3) is 0 Å². The Kier molecular flexibility index (Phi) is 7.46. The summed E-state index contributed by atoms with van der Waals surface area (Å²) in [6.45, 7) is 1.62. The van der Waals surface area contributed by atoms with Gasteiger partial charge in [-0.15, -0.1) is 11.6 Å². The van der Waals surface area contributed by atoms with Crippen molar-refractivity contribution in [2.75, 3.05) is 5.88 Å². The first-order valence-electron chi connectivity index (χ1n) is 9.37. The molecular weight excluding hydrogens is 354 g/mol. The Balaban J connectivity index is 1.92. The van der Waals surface area contributed by atoms with Crippen LogP contribution in [-0.4, -0.2) is 22.0 Å². The van der Waals surface area contributed by atoms with E-state index in [0.29, 0.717) is 6.42 Å². The number of hydrogen-bond acceptors (Lipinski definition) is 2. The molecular formula is C24H26ClNO. The van der Waals surface area contributed by atoms with Gasteiger partial charge in [0.25, 0.3) is 0 Å². The van der Waals surface area contributed by atoms with Crippen molar-refractivity contribution in [3.8, 4) is 0 Å². The van der Waals surface area contributed by atoms with Crippen LogP contribution in [0, 0.1) is 0 Å². The molecule has 0 saturated carbocycles. The highest BCUT2D eigenvalue weighted by molar-refractivity contribution is 6.18. The van der Waals surface area contributed by atoms with Crippen molar-refractivity contribution in [2.45, 2.75) is 31.7 Å². The van der Waals surface area contributed by atoms with Crippen LogP contribution in [-0.2, 0) is 13.1 Å². The van der Waals surface area contributed by atoms with Gasteiger partial charge in [0, 0.05) is 25.0 Å². The monoisotopic (exact) mass is 379 g/mol. The molecule has 0 aliphatic carbocycles. The lowest BCUT2D eigenvalue weighted by molar-refractivity contribution is 0.103. The van der Waals surface area contributed by atoms with Crippen LogP contribution in [0.3, 0.4) is 0 Å². The van der Waals surface area contributed by atoms with Gasteiger partial charge in [-0.1, -0.05) is 91.0 Å². The fourth-order valence-corrected chi connectivity index (χ4v) is 3.53. The van der Waals surface area contributed by atoms with E-state index >= 15 is 0 Å². The van der Waals surface area contributed by atoms with Gasteiger partial charge in [-0.25, -0.2) is 0 Å². The minimum Gasteiger partial charge on any atom is -0.392 e. The van der Waals surface area contributed by atoms with Crippen LogP contribution >= 0.6 is 11.6 Å². The Labute approximate surface area is 167 Å². The lowest BCUT2D eigenvalue weighted by Crippen LogP contribution is -2.31. The SMILES string of the molecule is OC(CCl)CC(c1ccccc1)N(Cc1ccccc1)Cc1ccccc1. The van der Waals surface area contributed by atoms with Gasteiger partial charge >= 0.3 is 0 Å². The molecule has 0 bridgehead atoms. The van der Waals surface area contributed by atoms with Crippen LogP contribution in [0.15, 0.2) is 91.0 Å². The molecule has 140 valence electrons. The third kappa shape index (κ3) is 5.93. The number of rotatable bonds is 9. The Hall–Kier alpha value is -2.13. The predicted octanol–water partition coefficient (Wildman–Crippen LogP) is 5.42. The molecule has 2 unspecified atom stereocenters. The highest BCUT2D eigenvalue weighted by Crippen LogP contribution is 2.29. The second-order valence-corrected chi connectivity index (χ2v) is 7.16. The molecule has 3 aromatic carbocycles. The molecule has 0 heterocycles. The molecule has 0 aromatic heterocycles. The number of aliphatic hydroxyl groups excluding tert-OH is 1. The smallest absolute Gasteiger partial charge is 0.0693 e. The molecule has 3 aromatic rings. The van der Waals surface area contributed by atoms with Gasteiger partial charge in [0.15, 0.2) is 0 Å². The first-order valence-corrected chi connectivity index (χ1v) is 9.90. The largest absolute Gasteiger partial charge is 0.392 e. The van der Waals surface area contributed by atoms with Gasteiger partial charge < -0.3 is 5.11 Å². The molecule has 0 aliphatic rings. The number of nitrogens with zero attached hydrogens (tertiary/aromatic N) is 1. The van der Waals surface area contributed by atoms with E-state index in [2.05, 4.69) is 77.7 Å². The van der Waals surface area contributed by atoms with E-state index in [9.17, 15) is 5.11 Å². The van der Waals surface area contributed by atoms with Crippen molar-refractivity contribution in [1.29, 1.82) is 0 Å². The van der Waals surface area contributed by atoms with Gasteiger partial charge in [0.2, 0.25) is 0 Å². The Morgan fingerprint density at radius 3 is 1.59 bits per heavy atom. The standard InChI is InChI=1S/C24H26ClNO/c25-17-23(27)16-24(22-14-8-3-9-15-22)26(18-20-10-4-1-5-11-20)19-21-12-6-2-7-13-21/h1-15,23-24,27H,16-19H2. The van der Waals surface area contributed by atoms with Crippen LogP contribution in [0.5, 0.6) is 0 Å². The average molecular weight is 380 g/mol. The number of hydrogen-bond donors (Lipinski definition) is 1. The van der Waals surface area contributed by atoms with E-state index in [4.69, 9.17) is 11.6 Å². The van der Waals surface area contributed by atoms with E-state index in [1.807, 2.05) is 18.2 Å². The summed E-state index contributed by atoms with van der Waals surface area (Å²) in [6.07, 6.45) is 0.0682. The molecule has 0 aliphatic heterocycles. The summed E-state index contributed by atoms with van der Waals surface area (Å²) in [5, 5.41) is 10.3. The third-order valence-corrected chi connectivity index (χ3v) is 5.11. The normalized spacial score (nSPS) is 13.4. The summed E-state index contributed by atoms with van der Waals surface area (Å²) in [4.78, 5) is 2.43. The van der Waals surface area contributed by atoms with Gasteiger partial charge in [0.1, 0.15) is 0 Å². The summed E-state index contributed by atoms with van der Waals surface area (Å²) in [7, 11) is 0. The van der Waals surface area contributed by atoms with Gasteiger partial charge in [-0.2, -0.15) is 0 Å².